The molecule has 0 saturated carbocycles. The van der Waals surface area contributed by atoms with Gasteiger partial charge in [0.15, 0.2) is 0 Å². The first-order valence-corrected chi connectivity index (χ1v) is 6.77. The summed E-state index contributed by atoms with van der Waals surface area (Å²) in [5, 5.41) is 10.7. The Labute approximate surface area is 114 Å². The van der Waals surface area contributed by atoms with E-state index in [9.17, 15) is 13.9 Å². The maximum Gasteiger partial charge on any atom is 0.134 e. The molecule has 2 rings (SSSR count). The SMILES string of the molecule is Cc1ccc(F)c(C(O)Cc2nc(C)c(C)s2)c1F. The number of halogens is 2. The van der Waals surface area contributed by atoms with E-state index in [1.165, 1.54) is 23.5 Å². The number of rotatable bonds is 3. The van der Waals surface area contributed by atoms with Gasteiger partial charge in [0.1, 0.15) is 11.6 Å². The summed E-state index contributed by atoms with van der Waals surface area (Å²) in [5.41, 5.74) is 0.935. The highest BCUT2D eigenvalue weighted by Gasteiger charge is 2.21. The molecule has 0 fully saturated rings. The Morgan fingerprint density at radius 1 is 1.26 bits per heavy atom. The average Bonchev–Trinajstić information content (AvgIpc) is 2.63. The lowest BCUT2D eigenvalue weighted by molar-refractivity contribution is 0.168. The molecule has 0 radical (unpaired) electrons. The van der Waals surface area contributed by atoms with Crippen LogP contribution >= 0.6 is 11.3 Å². The van der Waals surface area contributed by atoms with E-state index < -0.39 is 17.7 Å². The zero-order valence-corrected chi connectivity index (χ0v) is 11.8. The summed E-state index contributed by atoms with van der Waals surface area (Å²) in [6, 6.07) is 2.54. The molecule has 1 unspecified atom stereocenters. The van der Waals surface area contributed by atoms with Gasteiger partial charge in [-0.2, -0.15) is 0 Å². The van der Waals surface area contributed by atoms with Crippen LogP contribution in [0.1, 0.15) is 32.8 Å². The van der Waals surface area contributed by atoms with E-state index in [2.05, 4.69) is 4.98 Å². The smallest absolute Gasteiger partial charge is 0.134 e. The van der Waals surface area contributed by atoms with E-state index in [0.717, 1.165) is 10.6 Å². The minimum absolute atomic E-state index is 0.122. The van der Waals surface area contributed by atoms with Crippen molar-refractivity contribution >= 4 is 11.3 Å². The minimum Gasteiger partial charge on any atom is -0.388 e. The fourth-order valence-electron chi connectivity index (χ4n) is 1.88. The van der Waals surface area contributed by atoms with E-state index in [1.807, 2.05) is 13.8 Å². The average molecular weight is 283 g/mol. The van der Waals surface area contributed by atoms with Crippen molar-refractivity contribution in [2.24, 2.45) is 0 Å². The van der Waals surface area contributed by atoms with Crippen LogP contribution in [0.3, 0.4) is 0 Å². The second-order valence-electron chi connectivity index (χ2n) is 4.56. The molecule has 0 bridgehead atoms. The lowest BCUT2D eigenvalue weighted by Crippen LogP contribution is -2.08. The van der Waals surface area contributed by atoms with Gasteiger partial charge in [0, 0.05) is 11.3 Å². The molecule has 0 aliphatic carbocycles. The number of nitrogens with zero attached hydrogens (tertiary/aromatic N) is 1. The number of hydrogen-bond acceptors (Lipinski definition) is 3. The molecule has 1 aromatic carbocycles. The van der Waals surface area contributed by atoms with Crippen LogP contribution in [0.25, 0.3) is 0 Å². The van der Waals surface area contributed by atoms with Gasteiger partial charge in [-0.1, -0.05) is 6.07 Å². The number of aliphatic hydroxyl groups excluding tert-OH is 1. The van der Waals surface area contributed by atoms with Gasteiger partial charge in [0.05, 0.1) is 22.4 Å². The van der Waals surface area contributed by atoms with Gasteiger partial charge >= 0.3 is 0 Å². The molecule has 0 saturated heterocycles. The number of benzene rings is 1. The van der Waals surface area contributed by atoms with E-state index in [4.69, 9.17) is 0 Å². The molecule has 2 nitrogen and oxygen atoms in total. The number of aryl methyl sites for hydroxylation is 3. The summed E-state index contributed by atoms with van der Waals surface area (Å²) in [6.45, 7) is 5.34. The third-order valence-electron chi connectivity index (χ3n) is 3.09. The molecule has 1 heterocycles. The fraction of sp³-hybridized carbons (Fsp3) is 0.357. The highest BCUT2D eigenvalue weighted by molar-refractivity contribution is 7.11. The minimum atomic E-state index is -1.22. The lowest BCUT2D eigenvalue weighted by Gasteiger charge is -2.13. The van der Waals surface area contributed by atoms with Crippen molar-refractivity contribution in [1.29, 1.82) is 0 Å². The van der Waals surface area contributed by atoms with Crippen LogP contribution in [0, 0.1) is 32.4 Å². The Morgan fingerprint density at radius 3 is 2.53 bits per heavy atom. The van der Waals surface area contributed by atoms with Crippen LogP contribution in [0.4, 0.5) is 8.78 Å². The highest BCUT2D eigenvalue weighted by atomic mass is 32.1. The van der Waals surface area contributed by atoms with Gasteiger partial charge in [-0.05, 0) is 32.4 Å². The quantitative estimate of drug-likeness (QED) is 0.933. The first-order valence-electron chi connectivity index (χ1n) is 5.95. The van der Waals surface area contributed by atoms with Crippen molar-refractivity contribution < 1.29 is 13.9 Å². The van der Waals surface area contributed by atoms with Crippen molar-refractivity contribution in [3.8, 4) is 0 Å². The van der Waals surface area contributed by atoms with Gasteiger partial charge in [0.25, 0.3) is 0 Å². The topological polar surface area (TPSA) is 33.1 Å². The van der Waals surface area contributed by atoms with Crippen LogP contribution in [0.5, 0.6) is 0 Å². The molecule has 0 aliphatic rings. The molecule has 5 heteroatoms. The van der Waals surface area contributed by atoms with Crippen LogP contribution in [-0.2, 0) is 6.42 Å². The molecular weight excluding hydrogens is 268 g/mol. The van der Waals surface area contributed by atoms with Gasteiger partial charge in [-0.25, -0.2) is 13.8 Å². The van der Waals surface area contributed by atoms with Gasteiger partial charge in [0.2, 0.25) is 0 Å². The summed E-state index contributed by atoms with van der Waals surface area (Å²) in [4.78, 5) is 5.32. The summed E-state index contributed by atoms with van der Waals surface area (Å²) in [7, 11) is 0. The van der Waals surface area contributed by atoms with Gasteiger partial charge in [-0.3, -0.25) is 0 Å². The normalized spacial score (nSPS) is 12.7. The second-order valence-corrected chi connectivity index (χ2v) is 5.85. The number of aliphatic hydroxyl groups is 1. The molecule has 1 aromatic heterocycles. The predicted molar refractivity (Wildman–Crippen MR) is 71.3 cm³/mol. The standard InChI is InChI=1S/C14H15F2NOS/c1-7-4-5-10(15)13(14(7)16)11(18)6-12-17-8(2)9(3)19-12/h4-5,11,18H,6H2,1-3H3. The number of aromatic nitrogens is 1. The molecule has 1 atom stereocenters. The molecule has 0 aliphatic heterocycles. The van der Waals surface area contributed by atoms with E-state index in [-0.39, 0.29) is 12.0 Å². The maximum atomic E-state index is 13.9. The van der Waals surface area contributed by atoms with Crippen molar-refractivity contribution in [3.05, 3.63) is 50.5 Å². The second kappa shape index (κ2) is 5.35. The molecule has 102 valence electrons. The Kier molecular flexibility index (Phi) is 3.96. The number of thiazole rings is 1. The first-order chi connectivity index (χ1) is 8.90. The fourth-order valence-corrected chi connectivity index (χ4v) is 2.85. The maximum absolute atomic E-state index is 13.9. The third-order valence-corrected chi connectivity index (χ3v) is 4.19. The summed E-state index contributed by atoms with van der Waals surface area (Å²) in [5.74, 6) is -1.40. The van der Waals surface area contributed by atoms with Crippen molar-refractivity contribution in [2.45, 2.75) is 33.3 Å². The Bertz CT molecular complexity index is 590. The Hall–Kier alpha value is -1.33. The molecule has 0 spiro atoms. The molecule has 2 aromatic rings. The van der Waals surface area contributed by atoms with Gasteiger partial charge < -0.3 is 5.11 Å². The summed E-state index contributed by atoms with van der Waals surface area (Å²) >= 11 is 1.44. The lowest BCUT2D eigenvalue weighted by atomic mass is 10.0. The van der Waals surface area contributed by atoms with Crippen molar-refractivity contribution in [1.82, 2.24) is 4.98 Å². The van der Waals surface area contributed by atoms with Crippen LogP contribution in [-0.4, -0.2) is 10.1 Å². The Balaban J connectivity index is 2.30. The summed E-state index contributed by atoms with van der Waals surface area (Å²) in [6.07, 6.45) is -1.10. The zero-order chi connectivity index (χ0) is 14.2. The first kappa shape index (κ1) is 14.1. The monoisotopic (exact) mass is 283 g/mol. The third kappa shape index (κ3) is 2.82. The van der Waals surface area contributed by atoms with Crippen LogP contribution in [0.15, 0.2) is 12.1 Å². The highest BCUT2D eigenvalue weighted by Crippen LogP contribution is 2.28. The summed E-state index contributed by atoms with van der Waals surface area (Å²) < 4.78 is 27.5. The Morgan fingerprint density at radius 2 is 1.95 bits per heavy atom. The van der Waals surface area contributed by atoms with Crippen LogP contribution < -0.4 is 0 Å². The predicted octanol–water partition coefficient (Wildman–Crippen LogP) is 3.62. The van der Waals surface area contributed by atoms with Crippen molar-refractivity contribution in [2.75, 3.05) is 0 Å². The zero-order valence-electron chi connectivity index (χ0n) is 11.0. The van der Waals surface area contributed by atoms with Gasteiger partial charge in [-0.15, -0.1) is 11.3 Å². The van der Waals surface area contributed by atoms with E-state index in [0.29, 0.717) is 10.6 Å². The van der Waals surface area contributed by atoms with Crippen LogP contribution in [0.2, 0.25) is 0 Å². The van der Waals surface area contributed by atoms with E-state index >= 15 is 0 Å². The number of hydrogen-bond donors (Lipinski definition) is 1. The molecule has 0 amide bonds. The largest absolute Gasteiger partial charge is 0.388 e. The molecular formula is C14H15F2NOS. The van der Waals surface area contributed by atoms with Crippen molar-refractivity contribution in [3.63, 3.8) is 0 Å². The molecule has 19 heavy (non-hydrogen) atoms. The molecule has 1 N–H and O–H groups in total. The van der Waals surface area contributed by atoms with E-state index in [1.54, 1.807) is 6.92 Å².